The van der Waals surface area contributed by atoms with E-state index in [0.29, 0.717) is 37.7 Å². The Hall–Kier alpha value is -3.50. The Morgan fingerprint density at radius 3 is 2.35 bits per heavy atom. The van der Waals surface area contributed by atoms with E-state index >= 15 is 0 Å². The summed E-state index contributed by atoms with van der Waals surface area (Å²) in [7, 11) is 0. The number of aryl methyl sites for hydroxylation is 1. The standard InChI is InChI=1S/C23H23F3N6O2/c24-23(25,26)14-10-27-22(28-11-14)32-15-8-9-16(32)13-31(12-15)20(33)7-3-6-19-17-4-1-2-5-18(17)21(34)30-29-19/h1-2,4-5,10-11,15-16H,3,6-9,12-13H2,(H,30,34). The van der Waals surface area contributed by atoms with Crippen molar-refractivity contribution in [2.24, 2.45) is 0 Å². The number of H-pyrrole nitrogens is 1. The fraction of sp³-hybridized carbons (Fsp3) is 0.435. The van der Waals surface area contributed by atoms with Crippen LogP contribution in [-0.2, 0) is 17.4 Å². The number of alkyl halides is 3. The highest BCUT2D eigenvalue weighted by Crippen LogP contribution is 2.34. The number of carbonyl (C=O) groups excluding carboxylic acids is 1. The van der Waals surface area contributed by atoms with Gasteiger partial charge in [-0.25, -0.2) is 15.1 Å². The fourth-order valence-corrected chi connectivity index (χ4v) is 4.96. The third-order valence-electron chi connectivity index (χ3n) is 6.61. The molecule has 2 aliphatic heterocycles. The molecule has 2 atom stereocenters. The van der Waals surface area contributed by atoms with Crippen LogP contribution in [0.5, 0.6) is 0 Å². The van der Waals surface area contributed by atoms with E-state index in [0.717, 1.165) is 36.3 Å². The molecule has 2 saturated heterocycles. The van der Waals surface area contributed by atoms with E-state index in [9.17, 15) is 22.8 Å². The topological polar surface area (TPSA) is 95.1 Å². The second kappa shape index (κ2) is 8.69. The molecule has 3 aromatic rings. The molecule has 1 amide bonds. The first-order valence-corrected chi connectivity index (χ1v) is 11.2. The van der Waals surface area contributed by atoms with Crippen molar-refractivity contribution in [2.75, 3.05) is 18.0 Å². The average Bonchev–Trinajstić information content (AvgIpc) is 3.09. The van der Waals surface area contributed by atoms with Gasteiger partial charge in [0.1, 0.15) is 0 Å². The summed E-state index contributed by atoms with van der Waals surface area (Å²) in [6.07, 6.45) is 0.347. The molecular formula is C23H23F3N6O2. The summed E-state index contributed by atoms with van der Waals surface area (Å²) in [4.78, 5) is 36.5. The van der Waals surface area contributed by atoms with Crippen molar-refractivity contribution in [1.82, 2.24) is 25.1 Å². The number of amides is 1. The molecular weight excluding hydrogens is 449 g/mol. The highest BCUT2D eigenvalue weighted by atomic mass is 19.4. The number of nitrogens with zero attached hydrogens (tertiary/aromatic N) is 5. The third-order valence-corrected chi connectivity index (χ3v) is 6.61. The van der Waals surface area contributed by atoms with Crippen molar-refractivity contribution in [3.05, 3.63) is 58.3 Å². The van der Waals surface area contributed by atoms with Crippen molar-refractivity contribution in [2.45, 2.75) is 50.4 Å². The van der Waals surface area contributed by atoms with Gasteiger partial charge in [-0.1, -0.05) is 18.2 Å². The summed E-state index contributed by atoms with van der Waals surface area (Å²) >= 11 is 0. The number of hydrogen-bond acceptors (Lipinski definition) is 6. The molecule has 1 N–H and O–H groups in total. The lowest BCUT2D eigenvalue weighted by molar-refractivity contribution is -0.138. The zero-order chi connectivity index (χ0) is 23.9. The molecule has 8 nitrogen and oxygen atoms in total. The summed E-state index contributed by atoms with van der Waals surface area (Å²) in [6.45, 7) is 0.999. The van der Waals surface area contributed by atoms with Gasteiger partial charge < -0.3 is 9.80 Å². The molecule has 1 aromatic carbocycles. The number of hydrogen-bond donors (Lipinski definition) is 1. The molecule has 2 fully saturated rings. The predicted molar refractivity (Wildman–Crippen MR) is 118 cm³/mol. The SMILES string of the molecule is O=C(CCCc1n[nH]c(=O)c2ccccc12)N1CC2CCC(C1)N2c1ncc(C(F)(F)F)cn1. The number of aromatic amines is 1. The van der Waals surface area contributed by atoms with Gasteiger partial charge in [0.15, 0.2) is 0 Å². The van der Waals surface area contributed by atoms with Gasteiger partial charge in [0, 0.05) is 49.4 Å². The van der Waals surface area contributed by atoms with E-state index in [2.05, 4.69) is 20.2 Å². The quantitative estimate of drug-likeness (QED) is 0.614. The zero-order valence-electron chi connectivity index (χ0n) is 18.3. The number of aromatic nitrogens is 4. The maximum absolute atomic E-state index is 12.9. The first-order valence-electron chi connectivity index (χ1n) is 11.2. The van der Waals surface area contributed by atoms with Gasteiger partial charge in [-0.3, -0.25) is 9.59 Å². The van der Waals surface area contributed by atoms with Gasteiger partial charge in [-0.05, 0) is 31.7 Å². The van der Waals surface area contributed by atoms with Crippen LogP contribution in [0.1, 0.15) is 36.9 Å². The smallest absolute Gasteiger partial charge is 0.339 e. The van der Waals surface area contributed by atoms with Crippen LogP contribution in [0.25, 0.3) is 10.8 Å². The van der Waals surface area contributed by atoms with Gasteiger partial charge in [0.25, 0.3) is 5.56 Å². The number of nitrogens with one attached hydrogen (secondary N) is 1. The third kappa shape index (κ3) is 4.22. The minimum Gasteiger partial charge on any atom is -0.339 e. The predicted octanol–water partition coefficient (Wildman–Crippen LogP) is 2.93. The molecule has 178 valence electrons. The number of carbonyl (C=O) groups is 1. The van der Waals surface area contributed by atoms with Crippen molar-refractivity contribution >= 4 is 22.6 Å². The molecule has 2 aliphatic rings. The number of halogens is 3. The zero-order valence-corrected chi connectivity index (χ0v) is 18.3. The van der Waals surface area contributed by atoms with Crippen molar-refractivity contribution < 1.29 is 18.0 Å². The van der Waals surface area contributed by atoms with Crippen LogP contribution in [0.3, 0.4) is 0 Å². The van der Waals surface area contributed by atoms with E-state index in [1.165, 1.54) is 0 Å². The van der Waals surface area contributed by atoms with E-state index in [1.807, 2.05) is 21.9 Å². The van der Waals surface area contributed by atoms with Crippen molar-refractivity contribution in [3.8, 4) is 0 Å². The highest BCUT2D eigenvalue weighted by Gasteiger charge is 2.42. The Labute approximate surface area is 192 Å². The Morgan fingerprint density at radius 1 is 1.06 bits per heavy atom. The molecule has 0 spiro atoms. The molecule has 4 heterocycles. The van der Waals surface area contributed by atoms with Crippen LogP contribution < -0.4 is 10.5 Å². The second-order valence-electron chi connectivity index (χ2n) is 8.76. The number of likely N-dealkylation sites (tertiary alicyclic amines) is 1. The Morgan fingerprint density at radius 2 is 1.71 bits per heavy atom. The normalized spacial score (nSPS) is 20.2. The number of anilines is 1. The second-order valence-corrected chi connectivity index (χ2v) is 8.76. The van der Waals surface area contributed by atoms with Crippen LogP contribution in [0, 0.1) is 0 Å². The molecule has 11 heteroatoms. The minimum absolute atomic E-state index is 0.00996. The summed E-state index contributed by atoms with van der Waals surface area (Å²) in [5.74, 6) is 0.322. The number of piperazine rings is 1. The van der Waals surface area contributed by atoms with Gasteiger partial charge >= 0.3 is 6.18 Å². The van der Waals surface area contributed by atoms with Crippen LogP contribution in [0.4, 0.5) is 19.1 Å². The minimum atomic E-state index is -4.47. The first-order chi connectivity index (χ1) is 16.3. The summed E-state index contributed by atoms with van der Waals surface area (Å²) in [5, 5.41) is 8.05. The molecule has 5 rings (SSSR count). The molecule has 2 bridgehead atoms. The largest absolute Gasteiger partial charge is 0.419 e. The van der Waals surface area contributed by atoms with Gasteiger partial charge in [0.05, 0.1) is 16.6 Å². The number of fused-ring (bicyclic) bond motifs is 3. The molecule has 0 radical (unpaired) electrons. The molecule has 2 unspecified atom stereocenters. The van der Waals surface area contributed by atoms with Gasteiger partial charge in [-0.15, -0.1) is 0 Å². The molecule has 0 saturated carbocycles. The number of rotatable bonds is 5. The lowest BCUT2D eigenvalue weighted by atomic mass is 10.1. The lowest BCUT2D eigenvalue weighted by Gasteiger charge is -2.41. The monoisotopic (exact) mass is 472 g/mol. The van der Waals surface area contributed by atoms with Gasteiger partial charge in [0.2, 0.25) is 11.9 Å². The maximum Gasteiger partial charge on any atom is 0.419 e. The first kappa shape index (κ1) is 22.3. The fourth-order valence-electron chi connectivity index (χ4n) is 4.96. The molecule has 0 aliphatic carbocycles. The van der Waals surface area contributed by atoms with Crippen LogP contribution in [0.15, 0.2) is 41.5 Å². The Kier molecular flexibility index (Phi) is 5.70. The summed E-state index contributed by atoms with van der Waals surface area (Å²) in [6, 6.07) is 7.24. The van der Waals surface area contributed by atoms with E-state index in [-0.39, 0.29) is 29.5 Å². The van der Waals surface area contributed by atoms with E-state index < -0.39 is 11.7 Å². The van der Waals surface area contributed by atoms with E-state index in [4.69, 9.17) is 0 Å². The average molecular weight is 472 g/mol. The summed E-state index contributed by atoms with van der Waals surface area (Å²) in [5.41, 5.74) is -0.352. The molecule has 2 aromatic heterocycles. The van der Waals surface area contributed by atoms with Crippen LogP contribution in [-0.4, -0.2) is 56.1 Å². The molecule has 34 heavy (non-hydrogen) atoms. The highest BCUT2D eigenvalue weighted by molar-refractivity contribution is 5.83. The van der Waals surface area contributed by atoms with Crippen LogP contribution in [0.2, 0.25) is 0 Å². The van der Waals surface area contributed by atoms with E-state index in [1.54, 1.807) is 12.1 Å². The summed E-state index contributed by atoms with van der Waals surface area (Å²) < 4.78 is 38.4. The number of benzene rings is 1. The lowest BCUT2D eigenvalue weighted by Crippen LogP contribution is -2.56. The van der Waals surface area contributed by atoms with Crippen molar-refractivity contribution in [3.63, 3.8) is 0 Å². The Bertz CT molecular complexity index is 1250. The van der Waals surface area contributed by atoms with Crippen LogP contribution >= 0.6 is 0 Å². The Balaban J connectivity index is 1.20. The maximum atomic E-state index is 12.9. The van der Waals surface area contributed by atoms with Crippen molar-refractivity contribution in [1.29, 1.82) is 0 Å². The van der Waals surface area contributed by atoms with Gasteiger partial charge in [-0.2, -0.15) is 18.3 Å².